The van der Waals surface area contributed by atoms with Crippen LogP contribution >= 0.6 is 0 Å². The molecule has 0 aromatic heterocycles. The highest BCUT2D eigenvalue weighted by Crippen LogP contribution is 2.13. The van der Waals surface area contributed by atoms with Crippen LogP contribution in [0.25, 0.3) is 0 Å². The maximum Gasteiger partial charge on any atom is 0.334 e. The second-order valence-corrected chi connectivity index (χ2v) is 4.16. The molecule has 1 rings (SSSR count). The van der Waals surface area contributed by atoms with E-state index in [0.29, 0.717) is 24.8 Å². The number of ether oxygens (including phenoxy) is 2. The zero-order valence-electron chi connectivity index (χ0n) is 10.2. The number of hydrogen-bond acceptors (Lipinski definition) is 4. The molecule has 1 saturated heterocycles. The van der Waals surface area contributed by atoms with Gasteiger partial charge in [0.1, 0.15) is 0 Å². The first-order chi connectivity index (χ1) is 7.63. The molecule has 0 amide bonds. The first-order valence-corrected chi connectivity index (χ1v) is 5.78. The minimum Gasteiger partial charge on any atom is -0.463 e. The third-order valence-electron chi connectivity index (χ3n) is 2.56. The van der Waals surface area contributed by atoms with Gasteiger partial charge in [-0.15, -0.1) is 0 Å². The largest absolute Gasteiger partial charge is 0.463 e. The van der Waals surface area contributed by atoms with Crippen molar-refractivity contribution in [3.63, 3.8) is 0 Å². The summed E-state index contributed by atoms with van der Waals surface area (Å²) in [6.07, 6.45) is 2.55. The fourth-order valence-electron chi connectivity index (χ4n) is 1.82. The second-order valence-electron chi connectivity index (χ2n) is 4.16. The van der Waals surface area contributed by atoms with Crippen LogP contribution in [0.4, 0.5) is 0 Å². The Labute approximate surface area is 97.2 Å². The van der Waals surface area contributed by atoms with Crippen LogP contribution in [0.2, 0.25) is 0 Å². The van der Waals surface area contributed by atoms with E-state index in [4.69, 9.17) is 9.47 Å². The Morgan fingerprint density at radius 1 is 1.62 bits per heavy atom. The van der Waals surface area contributed by atoms with Gasteiger partial charge in [-0.3, -0.25) is 4.90 Å². The molecule has 0 aromatic rings. The lowest BCUT2D eigenvalue weighted by molar-refractivity contribution is -0.138. The predicted octanol–water partition coefficient (Wildman–Crippen LogP) is 1.22. The molecule has 1 unspecified atom stereocenters. The summed E-state index contributed by atoms with van der Waals surface area (Å²) in [5, 5.41) is 0. The molecule has 1 aliphatic heterocycles. The van der Waals surface area contributed by atoms with Gasteiger partial charge in [0.25, 0.3) is 0 Å². The van der Waals surface area contributed by atoms with Crippen molar-refractivity contribution in [1.82, 2.24) is 4.90 Å². The van der Waals surface area contributed by atoms with Gasteiger partial charge in [-0.1, -0.05) is 6.58 Å². The summed E-state index contributed by atoms with van der Waals surface area (Å²) in [4.78, 5) is 13.4. The van der Waals surface area contributed by atoms with Gasteiger partial charge in [0, 0.05) is 25.3 Å². The Kier molecular flexibility index (Phi) is 5.49. The fourth-order valence-corrected chi connectivity index (χ4v) is 1.82. The molecule has 1 atom stereocenters. The van der Waals surface area contributed by atoms with Gasteiger partial charge in [-0.2, -0.15) is 0 Å². The van der Waals surface area contributed by atoms with Gasteiger partial charge < -0.3 is 9.47 Å². The third kappa shape index (κ3) is 4.33. The third-order valence-corrected chi connectivity index (χ3v) is 2.56. The maximum absolute atomic E-state index is 11.3. The van der Waals surface area contributed by atoms with Crippen LogP contribution in [0.15, 0.2) is 12.2 Å². The first-order valence-electron chi connectivity index (χ1n) is 5.78. The smallest absolute Gasteiger partial charge is 0.334 e. The Bertz CT molecular complexity index is 247. The minimum atomic E-state index is -0.304. The maximum atomic E-state index is 11.3. The molecule has 0 N–H and O–H groups in total. The van der Waals surface area contributed by atoms with Gasteiger partial charge in [0.15, 0.2) is 0 Å². The van der Waals surface area contributed by atoms with Crippen LogP contribution in [0.3, 0.4) is 0 Å². The van der Waals surface area contributed by atoms with E-state index in [9.17, 15) is 4.79 Å². The quantitative estimate of drug-likeness (QED) is 0.505. The zero-order chi connectivity index (χ0) is 12.0. The number of rotatable bonds is 6. The van der Waals surface area contributed by atoms with Crippen molar-refractivity contribution in [1.29, 1.82) is 0 Å². The van der Waals surface area contributed by atoms with Crippen molar-refractivity contribution in [2.75, 3.05) is 33.4 Å². The summed E-state index contributed by atoms with van der Waals surface area (Å²) in [6.45, 7) is 8.16. The summed E-state index contributed by atoms with van der Waals surface area (Å²) in [5.41, 5.74) is 0.502. The van der Waals surface area contributed by atoms with E-state index in [0.717, 1.165) is 26.0 Å². The average Bonchev–Trinajstić information content (AvgIpc) is 2.70. The topological polar surface area (TPSA) is 38.8 Å². The summed E-state index contributed by atoms with van der Waals surface area (Å²) < 4.78 is 10.4. The van der Waals surface area contributed by atoms with Gasteiger partial charge >= 0.3 is 5.97 Å². The Balaban J connectivity index is 2.24. The van der Waals surface area contributed by atoms with E-state index >= 15 is 0 Å². The first kappa shape index (κ1) is 13.2. The highest BCUT2D eigenvalue weighted by molar-refractivity contribution is 5.88. The van der Waals surface area contributed by atoms with Gasteiger partial charge in [0.2, 0.25) is 0 Å². The standard InChI is InChI=1S/C12H21NO3/c1-4-15-12(14)10(2)8-13(3)9-11-6-5-7-16-11/h11H,2,4-9H2,1,3H3. The molecule has 1 fully saturated rings. The van der Waals surface area contributed by atoms with Crippen LogP contribution in [-0.4, -0.2) is 50.3 Å². The van der Waals surface area contributed by atoms with Crippen LogP contribution < -0.4 is 0 Å². The molecule has 0 aliphatic carbocycles. The predicted molar refractivity (Wildman–Crippen MR) is 62.2 cm³/mol. The van der Waals surface area contributed by atoms with E-state index in [-0.39, 0.29) is 5.97 Å². The van der Waals surface area contributed by atoms with Crippen LogP contribution in [-0.2, 0) is 14.3 Å². The monoisotopic (exact) mass is 227 g/mol. The molecule has 1 aliphatic rings. The second kappa shape index (κ2) is 6.66. The van der Waals surface area contributed by atoms with Crippen LogP contribution in [0.5, 0.6) is 0 Å². The van der Waals surface area contributed by atoms with E-state index in [1.807, 2.05) is 7.05 Å². The molecule has 0 bridgehead atoms. The van der Waals surface area contributed by atoms with Crippen LogP contribution in [0.1, 0.15) is 19.8 Å². The number of carbonyl (C=O) groups excluding carboxylic acids is 1. The van der Waals surface area contributed by atoms with Crippen molar-refractivity contribution in [2.45, 2.75) is 25.9 Å². The van der Waals surface area contributed by atoms with Crippen molar-refractivity contribution in [2.24, 2.45) is 0 Å². The van der Waals surface area contributed by atoms with Crippen molar-refractivity contribution in [3.05, 3.63) is 12.2 Å². The lowest BCUT2D eigenvalue weighted by Gasteiger charge is -2.20. The number of carbonyl (C=O) groups is 1. The Morgan fingerprint density at radius 2 is 2.38 bits per heavy atom. The highest BCUT2D eigenvalue weighted by Gasteiger charge is 2.18. The van der Waals surface area contributed by atoms with E-state index in [2.05, 4.69) is 11.5 Å². The SMILES string of the molecule is C=C(CN(C)CC1CCCO1)C(=O)OCC. The zero-order valence-corrected chi connectivity index (χ0v) is 10.2. The number of esters is 1. The normalized spacial score (nSPS) is 20.1. The number of likely N-dealkylation sites (N-methyl/N-ethyl adjacent to an activating group) is 1. The number of hydrogen-bond donors (Lipinski definition) is 0. The lowest BCUT2D eigenvalue weighted by Crippen LogP contribution is -2.31. The molecule has 0 radical (unpaired) electrons. The van der Waals surface area contributed by atoms with Crippen LogP contribution in [0, 0.1) is 0 Å². The Hall–Kier alpha value is -0.870. The highest BCUT2D eigenvalue weighted by atomic mass is 16.5. The van der Waals surface area contributed by atoms with Gasteiger partial charge in [-0.05, 0) is 26.8 Å². The molecular formula is C12H21NO3. The van der Waals surface area contributed by atoms with Gasteiger partial charge in [0.05, 0.1) is 12.7 Å². The molecule has 0 saturated carbocycles. The minimum absolute atomic E-state index is 0.304. The summed E-state index contributed by atoms with van der Waals surface area (Å²) in [7, 11) is 1.96. The summed E-state index contributed by atoms with van der Waals surface area (Å²) in [5.74, 6) is -0.304. The molecule has 0 aromatic carbocycles. The molecule has 4 heteroatoms. The van der Waals surface area contributed by atoms with Crippen molar-refractivity contribution >= 4 is 5.97 Å². The van der Waals surface area contributed by atoms with E-state index < -0.39 is 0 Å². The molecule has 4 nitrogen and oxygen atoms in total. The van der Waals surface area contributed by atoms with E-state index in [1.54, 1.807) is 6.92 Å². The Morgan fingerprint density at radius 3 is 2.94 bits per heavy atom. The summed E-state index contributed by atoms with van der Waals surface area (Å²) in [6, 6.07) is 0. The molecule has 92 valence electrons. The van der Waals surface area contributed by atoms with E-state index in [1.165, 1.54) is 0 Å². The number of nitrogens with zero attached hydrogens (tertiary/aromatic N) is 1. The molecule has 16 heavy (non-hydrogen) atoms. The van der Waals surface area contributed by atoms with Crippen molar-refractivity contribution in [3.8, 4) is 0 Å². The molecule has 0 spiro atoms. The summed E-state index contributed by atoms with van der Waals surface area (Å²) >= 11 is 0. The van der Waals surface area contributed by atoms with Crippen molar-refractivity contribution < 1.29 is 14.3 Å². The lowest BCUT2D eigenvalue weighted by atomic mass is 10.2. The molecular weight excluding hydrogens is 206 g/mol. The van der Waals surface area contributed by atoms with Gasteiger partial charge in [-0.25, -0.2) is 4.79 Å². The average molecular weight is 227 g/mol. The fraction of sp³-hybridized carbons (Fsp3) is 0.750. The molecule has 1 heterocycles.